The van der Waals surface area contributed by atoms with Crippen LogP contribution in [0.15, 0.2) is 40.6 Å². The predicted octanol–water partition coefficient (Wildman–Crippen LogP) is 1.62. The summed E-state index contributed by atoms with van der Waals surface area (Å²) in [4.78, 5) is 25.7. The van der Waals surface area contributed by atoms with Gasteiger partial charge in [-0.15, -0.1) is 11.3 Å². The highest BCUT2D eigenvalue weighted by molar-refractivity contribution is 7.89. The van der Waals surface area contributed by atoms with Gasteiger partial charge in [-0.3, -0.25) is 9.59 Å². The summed E-state index contributed by atoms with van der Waals surface area (Å²) in [5.74, 6) is -1.73. The Kier molecular flexibility index (Phi) is 6.63. The van der Waals surface area contributed by atoms with Crippen molar-refractivity contribution in [1.29, 1.82) is 0 Å². The van der Waals surface area contributed by atoms with Crippen LogP contribution in [0.4, 0.5) is 10.1 Å². The standard InChI is InChI=1S/C18H20FN3O5S2/c1-21(18(24)15-3-2-10-28-15)12-17(23)20-13-4-5-14(19)16(11-13)29(25,26)22-6-8-27-9-7-22/h2-5,10-11H,6-9,12H2,1H3,(H,20,23). The van der Waals surface area contributed by atoms with Crippen molar-refractivity contribution in [2.45, 2.75) is 4.90 Å². The molecule has 1 aromatic heterocycles. The van der Waals surface area contributed by atoms with E-state index in [2.05, 4.69) is 5.32 Å². The molecule has 0 saturated carbocycles. The van der Waals surface area contributed by atoms with Gasteiger partial charge in [-0.25, -0.2) is 12.8 Å². The Hall–Kier alpha value is -2.34. The number of rotatable bonds is 6. The maximum Gasteiger partial charge on any atom is 0.264 e. The van der Waals surface area contributed by atoms with Crippen molar-refractivity contribution in [2.24, 2.45) is 0 Å². The summed E-state index contributed by atoms with van der Waals surface area (Å²) in [6.45, 7) is 0.505. The van der Waals surface area contributed by atoms with Crippen molar-refractivity contribution >= 4 is 38.9 Å². The van der Waals surface area contributed by atoms with Gasteiger partial charge in [0.1, 0.15) is 10.7 Å². The zero-order valence-electron chi connectivity index (χ0n) is 15.6. The van der Waals surface area contributed by atoms with E-state index in [9.17, 15) is 22.4 Å². The fourth-order valence-corrected chi connectivity index (χ4v) is 5.00. The Morgan fingerprint density at radius 1 is 1.28 bits per heavy atom. The second kappa shape index (κ2) is 8.99. The number of hydrogen-bond donors (Lipinski definition) is 1. The van der Waals surface area contributed by atoms with Crippen molar-refractivity contribution in [3.05, 3.63) is 46.4 Å². The minimum Gasteiger partial charge on any atom is -0.379 e. The molecule has 29 heavy (non-hydrogen) atoms. The lowest BCUT2D eigenvalue weighted by atomic mass is 10.3. The number of ether oxygens (including phenoxy) is 1. The van der Waals surface area contributed by atoms with Gasteiger partial charge in [-0.1, -0.05) is 6.07 Å². The van der Waals surface area contributed by atoms with E-state index in [0.29, 0.717) is 4.88 Å². The molecule has 8 nitrogen and oxygen atoms in total. The number of anilines is 1. The van der Waals surface area contributed by atoms with Gasteiger partial charge >= 0.3 is 0 Å². The third-order valence-electron chi connectivity index (χ3n) is 4.26. The number of nitrogens with zero attached hydrogens (tertiary/aromatic N) is 2. The van der Waals surface area contributed by atoms with E-state index < -0.39 is 26.6 Å². The molecule has 0 radical (unpaired) electrons. The highest BCUT2D eigenvalue weighted by atomic mass is 32.2. The molecule has 0 unspecified atom stereocenters. The first-order chi connectivity index (χ1) is 13.8. The maximum atomic E-state index is 14.2. The Labute approximate surface area is 171 Å². The van der Waals surface area contributed by atoms with Crippen LogP contribution in [0.5, 0.6) is 0 Å². The number of thiophene rings is 1. The molecule has 1 saturated heterocycles. The monoisotopic (exact) mass is 441 g/mol. The fourth-order valence-electron chi connectivity index (χ4n) is 2.78. The largest absolute Gasteiger partial charge is 0.379 e. The second-order valence-corrected chi connectivity index (χ2v) is 9.20. The third kappa shape index (κ3) is 4.99. The number of benzene rings is 1. The number of likely N-dealkylation sites (N-methyl/N-ethyl adjacent to an activating group) is 1. The smallest absolute Gasteiger partial charge is 0.264 e. The average molecular weight is 442 g/mol. The third-order valence-corrected chi connectivity index (χ3v) is 7.03. The van der Waals surface area contributed by atoms with E-state index in [0.717, 1.165) is 16.4 Å². The summed E-state index contributed by atoms with van der Waals surface area (Å²) < 4.78 is 45.9. The van der Waals surface area contributed by atoms with Gasteiger partial charge in [-0.05, 0) is 29.6 Å². The first-order valence-corrected chi connectivity index (χ1v) is 11.1. The Balaban J connectivity index is 1.70. The maximum absolute atomic E-state index is 14.2. The van der Waals surface area contributed by atoms with Crippen LogP contribution in [-0.4, -0.2) is 69.3 Å². The Bertz CT molecular complexity index is 989. The molecule has 0 spiro atoms. The normalized spacial score (nSPS) is 15.1. The van der Waals surface area contributed by atoms with Crippen molar-refractivity contribution in [2.75, 3.05) is 45.2 Å². The topological polar surface area (TPSA) is 96.0 Å². The van der Waals surface area contributed by atoms with E-state index in [1.165, 1.54) is 29.4 Å². The van der Waals surface area contributed by atoms with Gasteiger partial charge in [0.15, 0.2) is 0 Å². The fraction of sp³-hybridized carbons (Fsp3) is 0.333. The molecule has 2 aromatic rings. The van der Waals surface area contributed by atoms with Crippen molar-refractivity contribution in [1.82, 2.24) is 9.21 Å². The molecular weight excluding hydrogens is 421 g/mol. The first kappa shape index (κ1) is 21.4. The van der Waals surface area contributed by atoms with Crippen LogP contribution in [0.2, 0.25) is 0 Å². The lowest BCUT2D eigenvalue weighted by molar-refractivity contribution is -0.116. The number of carbonyl (C=O) groups is 2. The summed E-state index contributed by atoms with van der Waals surface area (Å²) in [7, 11) is -2.57. The predicted molar refractivity (Wildman–Crippen MR) is 106 cm³/mol. The molecule has 1 aliphatic rings. The average Bonchev–Trinajstić information content (AvgIpc) is 3.24. The van der Waals surface area contributed by atoms with Crippen LogP contribution in [-0.2, 0) is 19.6 Å². The molecule has 2 amide bonds. The number of nitrogens with one attached hydrogen (secondary N) is 1. The SMILES string of the molecule is CN(CC(=O)Nc1ccc(F)c(S(=O)(=O)N2CCOCC2)c1)C(=O)c1cccs1. The number of amides is 2. The molecule has 1 aliphatic heterocycles. The van der Waals surface area contributed by atoms with E-state index in [4.69, 9.17) is 4.74 Å². The van der Waals surface area contributed by atoms with Gasteiger partial charge in [0.05, 0.1) is 24.6 Å². The van der Waals surface area contributed by atoms with Crippen LogP contribution in [0.3, 0.4) is 0 Å². The molecule has 0 aliphatic carbocycles. The highest BCUT2D eigenvalue weighted by Gasteiger charge is 2.29. The number of sulfonamides is 1. The Morgan fingerprint density at radius 3 is 2.66 bits per heavy atom. The van der Waals surface area contributed by atoms with Crippen molar-refractivity contribution < 1.29 is 27.1 Å². The molecule has 3 rings (SSSR count). The molecule has 1 fully saturated rings. The minimum atomic E-state index is -4.05. The Morgan fingerprint density at radius 2 is 2.00 bits per heavy atom. The van der Waals surface area contributed by atoms with Crippen LogP contribution >= 0.6 is 11.3 Å². The molecule has 0 bridgehead atoms. The molecule has 1 aromatic carbocycles. The van der Waals surface area contributed by atoms with Gasteiger partial charge in [0.25, 0.3) is 5.91 Å². The molecule has 11 heteroatoms. The van der Waals surface area contributed by atoms with Crippen LogP contribution in [0, 0.1) is 5.82 Å². The highest BCUT2D eigenvalue weighted by Crippen LogP contribution is 2.24. The van der Waals surface area contributed by atoms with Gasteiger partial charge in [0, 0.05) is 25.8 Å². The quantitative estimate of drug-likeness (QED) is 0.735. The molecular formula is C18H20FN3O5S2. The van der Waals surface area contributed by atoms with E-state index in [-0.39, 0.29) is 44.4 Å². The van der Waals surface area contributed by atoms with Gasteiger partial charge in [0.2, 0.25) is 15.9 Å². The number of hydrogen-bond acceptors (Lipinski definition) is 6. The second-order valence-electron chi connectivity index (χ2n) is 6.35. The van der Waals surface area contributed by atoms with E-state index >= 15 is 0 Å². The van der Waals surface area contributed by atoms with E-state index in [1.807, 2.05) is 0 Å². The van der Waals surface area contributed by atoms with Crippen LogP contribution in [0.1, 0.15) is 9.67 Å². The summed E-state index contributed by atoms with van der Waals surface area (Å²) in [5.41, 5.74) is 0.125. The van der Waals surface area contributed by atoms with E-state index in [1.54, 1.807) is 17.5 Å². The van der Waals surface area contributed by atoms with Gasteiger partial charge in [-0.2, -0.15) is 4.31 Å². The summed E-state index contributed by atoms with van der Waals surface area (Å²) in [6.07, 6.45) is 0. The van der Waals surface area contributed by atoms with Crippen molar-refractivity contribution in [3.8, 4) is 0 Å². The summed E-state index contributed by atoms with van der Waals surface area (Å²) in [6, 6.07) is 6.74. The van der Waals surface area contributed by atoms with Crippen LogP contribution < -0.4 is 5.32 Å². The molecule has 0 atom stereocenters. The minimum absolute atomic E-state index is 0.125. The first-order valence-electron chi connectivity index (χ1n) is 8.75. The number of halogens is 1. The van der Waals surface area contributed by atoms with Crippen LogP contribution in [0.25, 0.3) is 0 Å². The zero-order valence-corrected chi connectivity index (χ0v) is 17.3. The number of morpholine rings is 1. The lowest BCUT2D eigenvalue weighted by Gasteiger charge is -2.26. The summed E-state index contributed by atoms with van der Waals surface area (Å²) in [5, 5.41) is 4.27. The van der Waals surface area contributed by atoms with Gasteiger partial charge < -0.3 is 15.0 Å². The lowest BCUT2D eigenvalue weighted by Crippen LogP contribution is -2.41. The van der Waals surface area contributed by atoms with Crippen molar-refractivity contribution in [3.63, 3.8) is 0 Å². The zero-order chi connectivity index (χ0) is 21.0. The molecule has 156 valence electrons. The molecule has 1 N–H and O–H groups in total. The molecule has 2 heterocycles. The summed E-state index contributed by atoms with van der Waals surface area (Å²) >= 11 is 1.27. The number of carbonyl (C=O) groups excluding carboxylic acids is 2.